The second-order valence-electron chi connectivity index (χ2n) is 9.32. The van der Waals surface area contributed by atoms with E-state index in [9.17, 15) is 4.79 Å². The molecular weight excluding hydrogens is 398 g/mol. The smallest absolute Gasteiger partial charge is 0.315 e. The number of carbonyl (C=O) groups excluding carboxylic acids is 1. The summed E-state index contributed by atoms with van der Waals surface area (Å²) in [5.41, 5.74) is 2.34. The molecule has 0 amide bonds. The first-order valence-electron chi connectivity index (χ1n) is 9.99. The van der Waals surface area contributed by atoms with Crippen LogP contribution in [0, 0.1) is 18.9 Å². The van der Waals surface area contributed by atoms with Crippen molar-refractivity contribution in [3.05, 3.63) is 63.2 Å². The Labute approximate surface area is 184 Å². The lowest BCUT2D eigenvalue weighted by molar-refractivity contribution is -0.145. The Morgan fingerprint density at radius 3 is 2.17 bits per heavy atom. The molecule has 0 unspecified atom stereocenters. The second kappa shape index (κ2) is 8.65. The minimum atomic E-state index is -0.743. The summed E-state index contributed by atoms with van der Waals surface area (Å²) in [5.74, 6) is -0.302. The quantitative estimate of drug-likeness (QED) is 0.318. The Bertz CT molecular complexity index is 1010. The number of halogens is 1. The summed E-state index contributed by atoms with van der Waals surface area (Å²) in [4.78, 5) is 16.5. The molecule has 30 heavy (non-hydrogen) atoms. The van der Waals surface area contributed by atoms with E-state index in [0.717, 1.165) is 5.56 Å². The fraction of sp³-hybridized carbons (Fsp3) is 0.458. The number of hydrogen-bond donors (Lipinski definition) is 0. The van der Waals surface area contributed by atoms with Gasteiger partial charge in [-0.3, -0.25) is 9.48 Å². The summed E-state index contributed by atoms with van der Waals surface area (Å²) < 4.78 is 7.49. The molecule has 0 saturated heterocycles. The molecule has 0 radical (unpaired) electrons. The molecule has 2 aromatic rings. The minimum absolute atomic E-state index is 0.0106. The van der Waals surface area contributed by atoms with Crippen molar-refractivity contribution in [2.75, 3.05) is 0 Å². The fourth-order valence-corrected chi connectivity index (χ4v) is 3.06. The van der Waals surface area contributed by atoms with Gasteiger partial charge in [0.2, 0.25) is 5.70 Å². The lowest BCUT2D eigenvalue weighted by Crippen LogP contribution is -2.23. The Hall–Kier alpha value is -2.58. The topological polar surface area (TPSA) is 48.5 Å². The summed E-state index contributed by atoms with van der Waals surface area (Å²) >= 11 is 6.55. The molecule has 0 bridgehead atoms. The lowest BCUT2D eigenvalue weighted by Gasteiger charge is -2.21. The Kier molecular flexibility index (Phi) is 6.83. The van der Waals surface area contributed by atoms with E-state index in [1.54, 1.807) is 32.4 Å². The largest absolute Gasteiger partial charge is 0.436 e. The molecule has 0 saturated carbocycles. The van der Waals surface area contributed by atoms with Crippen molar-refractivity contribution in [3.63, 3.8) is 0 Å². The van der Waals surface area contributed by atoms with Gasteiger partial charge in [0, 0.05) is 6.54 Å². The standard InChI is InChI=1S/C24H30ClN3O2/c1-10-28-20(18(25)15(2)27-28)21(30-22(29)24(6,7)8)19(26-9)16-11-13-17(14-12-16)23(3,4)5/h11-14H,10H2,1-8H3/b21-19+. The number of rotatable bonds is 4. The van der Waals surface area contributed by atoms with E-state index >= 15 is 0 Å². The van der Waals surface area contributed by atoms with Gasteiger partial charge in [-0.15, -0.1) is 0 Å². The lowest BCUT2D eigenvalue weighted by atomic mass is 9.86. The van der Waals surface area contributed by atoms with Gasteiger partial charge >= 0.3 is 5.97 Å². The van der Waals surface area contributed by atoms with Crippen molar-refractivity contribution in [2.24, 2.45) is 5.41 Å². The van der Waals surface area contributed by atoms with Crippen molar-refractivity contribution in [3.8, 4) is 0 Å². The van der Waals surface area contributed by atoms with Gasteiger partial charge in [-0.05, 0) is 51.2 Å². The molecule has 0 atom stereocenters. The third-order valence-electron chi connectivity index (χ3n) is 4.73. The number of carbonyl (C=O) groups is 1. The van der Waals surface area contributed by atoms with Crippen LogP contribution in [0.15, 0.2) is 24.3 Å². The molecule has 1 heterocycles. The van der Waals surface area contributed by atoms with E-state index in [2.05, 4.69) is 30.7 Å². The van der Waals surface area contributed by atoms with Crippen molar-refractivity contribution in [2.45, 2.75) is 67.3 Å². The van der Waals surface area contributed by atoms with Gasteiger partial charge in [0.15, 0.2) is 5.76 Å². The van der Waals surface area contributed by atoms with Crippen LogP contribution in [0.1, 0.15) is 71.0 Å². The minimum Gasteiger partial charge on any atom is -0.436 e. The first-order chi connectivity index (χ1) is 13.8. The molecular formula is C24H30ClN3O2. The zero-order valence-electron chi connectivity index (χ0n) is 19.1. The highest BCUT2D eigenvalue weighted by molar-refractivity contribution is 6.33. The van der Waals surface area contributed by atoms with Crippen LogP contribution in [0.2, 0.25) is 5.02 Å². The summed E-state index contributed by atoms with van der Waals surface area (Å²) in [6.45, 7) is 23.8. The van der Waals surface area contributed by atoms with Crippen LogP contribution < -0.4 is 0 Å². The van der Waals surface area contributed by atoms with E-state index in [1.165, 1.54) is 0 Å². The highest BCUT2D eigenvalue weighted by Gasteiger charge is 2.30. The van der Waals surface area contributed by atoms with Gasteiger partial charge in [0.25, 0.3) is 0 Å². The first kappa shape index (κ1) is 23.7. The summed E-state index contributed by atoms with van der Waals surface area (Å²) in [5, 5.41) is 4.81. The van der Waals surface area contributed by atoms with Crippen LogP contribution in [0.5, 0.6) is 0 Å². The van der Waals surface area contributed by atoms with Crippen LogP contribution in [0.25, 0.3) is 16.3 Å². The maximum atomic E-state index is 12.8. The monoisotopic (exact) mass is 427 g/mol. The Morgan fingerprint density at radius 2 is 1.73 bits per heavy atom. The van der Waals surface area contributed by atoms with Gasteiger partial charge in [0.1, 0.15) is 5.69 Å². The number of aromatic nitrogens is 2. The van der Waals surface area contributed by atoms with Crippen LogP contribution in [-0.4, -0.2) is 15.7 Å². The van der Waals surface area contributed by atoms with E-state index in [1.807, 2.05) is 31.2 Å². The van der Waals surface area contributed by atoms with E-state index in [0.29, 0.717) is 28.5 Å². The third-order valence-corrected chi connectivity index (χ3v) is 5.18. The molecule has 5 nitrogen and oxygen atoms in total. The third kappa shape index (κ3) is 4.94. The second-order valence-corrected chi connectivity index (χ2v) is 9.70. The highest BCUT2D eigenvalue weighted by Crippen LogP contribution is 2.36. The van der Waals surface area contributed by atoms with Crippen molar-refractivity contribution >= 4 is 29.0 Å². The molecule has 0 spiro atoms. The SMILES string of the molecule is [C-]#[N+]/C(=C(/OC(=O)C(C)(C)C)c1c(Cl)c(C)nn1CC)c1ccc(C(C)(C)C)cc1. The molecule has 2 rings (SSSR count). The number of esters is 1. The van der Waals surface area contributed by atoms with Crippen LogP contribution >= 0.6 is 11.6 Å². The summed E-state index contributed by atoms with van der Waals surface area (Å²) in [6, 6.07) is 7.75. The van der Waals surface area contributed by atoms with Crippen LogP contribution in [0.3, 0.4) is 0 Å². The van der Waals surface area contributed by atoms with Crippen molar-refractivity contribution in [1.82, 2.24) is 9.78 Å². The van der Waals surface area contributed by atoms with Gasteiger partial charge in [-0.25, -0.2) is 4.85 Å². The molecule has 0 aliphatic heterocycles. The normalized spacial score (nSPS) is 12.9. The first-order valence-corrected chi connectivity index (χ1v) is 10.4. The molecule has 0 aliphatic carbocycles. The van der Waals surface area contributed by atoms with Crippen molar-refractivity contribution < 1.29 is 9.53 Å². The van der Waals surface area contributed by atoms with Crippen LogP contribution in [0.4, 0.5) is 0 Å². The van der Waals surface area contributed by atoms with Gasteiger partial charge in [-0.1, -0.05) is 56.6 Å². The summed E-state index contributed by atoms with van der Waals surface area (Å²) in [6.07, 6.45) is 0. The van der Waals surface area contributed by atoms with Gasteiger partial charge in [0.05, 0.1) is 22.7 Å². The molecule has 1 aromatic heterocycles. The van der Waals surface area contributed by atoms with E-state index in [-0.39, 0.29) is 16.9 Å². The molecule has 6 heteroatoms. The maximum Gasteiger partial charge on any atom is 0.315 e. The number of ether oxygens (including phenoxy) is 1. The summed E-state index contributed by atoms with van der Waals surface area (Å²) in [7, 11) is 0. The highest BCUT2D eigenvalue weighted by atomic mass is 35.5. The van der Waals surface area contributed by atoms with Gasteiger partial charge < -0.3 is 4.74 Å². The number of hydrogen-bond acceptors (Lipinski definition) is 3. The number of nitrogens with zero attached hydrogens (tertiary/aromatic N) is 3. The average Bonchev–Trinajstić information content (AvgIpc) is 2.94. The number of aryl methyl sites for hydroxylation is 2. The van der Waals surface area contributed by atoms with Crippen molar-refractivity contribution in [1.29, 1.82) is 0 Å². The maximum absolute atomic E-state index is 12.8. The Balaban J connectivity index is 2.77. The number of benzene rings is 1. The van der Waals surface area contributed by atoms with Gasteiger partial charge in [-0.2, -0.15) is 5.10 Å². The molecule has 160 valence electrons. The fourth-order valence-electron chi connectivity index (χ4n) is 2.83. The van der Waals surface area contributed by atoms with E-state index in [4.69, 9.17) is 22.9 Å². The predicted octanol–water partition coefficient (Wildman–Crippen LogP) is 6.50. The Morgan fingerprint density at radius 1 is 1.17 bits per heavy atom. The molecule has 1 aromatic carbocycles. The predicted molar refractivity (Wildman–Crippen MR) is 122 cm³/mol. The van der Waals surface area contributed by atoms with Crippen LogP contribution in [-0.2, 0) is 21.5 Å². The molecule has 0 N–H and O–H groups in total. The average molecular weight is 428 g/mol. The molecule has 0 fully saturated rings. The molecule has 0 aliphatic rings. The zero-order valence-corrected chi connectivity index (χ0v) is 19.8. The zero-order chi connectivity index (χ0) is 22.9. The van der Waals surface area contributed by atoms with E-state index < -0.39 is 11.4 Å².